The van der Waals surface area contributed by atoms with E-state index in [2.05, 4.69) is 30.8 Å². The summed E-state index contributed by atoms with van der Waals surface area (Å²) in [4.78, 5) is 16.1. The first-order valence-corrected chi connectivity index (χ1v) is 24.5. The minimum Gasteiger partial charge on any atom is -0.871 e. The van der Waals surface area contributed by atoms with Crippen LogP contribution in [0.3, 0.4) is 0 Å². The van der Waals surface area contributed by atoms with Crippen molar-refractivity contribution in [3.05, 3.63) is 166 Å². The van der Waals surface area contributed by atoms with Crippen molar-refractivity contribution in [2.45, 2.75) is 23.6 Å². The fourth-order valence-corrected chi connectivity index (χ4v) is 9.56. The van der Waals surface area contributed by atoms with E-state index >= 15 is 0 Å². The summed E-state index contributed by atoms with van der Waals surface area (Å²) in [5, 5.41) is 58.3. The summed E-state index contributed by atoms with van der Waals surface area (Å²) in [7, 11) is -6.34. The quantitative estimate of drug-likeness (QED) is 0.0292. The number of fused-ring (bicyclic) bond motifs is 2. The van der Waals surface area contributed by atoms with E-state index in [0.717, 1.165) is 0 Å². The van der Waals surface area contributed by atoms with Crippen molar-refractivity contribution in [2.75, 3.05) is 19.5 Å². The first-order chi connectivity index (χ1) is 34.2. The summed E-state index contributed by atoms with van der Waals surface area (Å²) in [6.07, 6.45) is 0. The van der Waals surface area contributed by atoms with Crippen LogP contribution in [0.1, 0.15) is 27.0 Å². The van der Waals surface area contributed by atoms with Gasteiger partial charge in [-0.1, -0.05) is 89.6 Å². The molecular weight excluding hydrogens is 1050 g/mol. The van der Waals surface area contributed by atoms with Crippen LogP contribution in [-0.4, -0.2) is 94.8 Å². The Bertz CT molecular complexity index is 3790. The van der Waals surface area contributed by atoms with E-state index in [1.54, 1.807) is 97.1 Å². The normalized spacial score (nSPS) is 11.9. The van der Waals surface area contributed by atoms with Gasteiger partial charge in [0, 0.05) is 38.6 Å². The molecule has 0 heterocycles. The number of anilines is 1. The number of methoxy groups -OCH3 is 2. The van der Waals surface area contributed by atoms with Crippen LogP contribution in [0.2, 0.25) is 10.0 Å². The van der Waals surface area contributed by atoms with E-state index in [-0.39, 0.29) is 92.8 Å². The van der Waals surface area contributed by atoms with Gasteiger partial charge in [0.05, 0.1) is 31.2 Å². The Morgan fingerprint density at radius 1 is 0.616 bits per heavy atom. The van der Waals surface area contributed by atoms with Gasteiger partial charge in [-0.05, 0) is 108 Å². The number of carbonyl (C=O) groups is 1. The molecule has 0 aliphatic heterocycles. The zero-order valence-electron chi connectivity index (χ0n) is 38.7. The molecule has 0 unspecified atom stereocenters. The molecule has 4 N–H and O–H groups in total. The summed E-state index contributed by atoms with van der Waals surface area (Å²) in [6, 6.07) is 34.8. The third-order valence-electron chi connectivity index (χ3n) is 10.5. The number of phenols is 1. The maximum Gasteiger partial charge on any atom is 2.00 e. The molecule has 23 heteroatoms. The van der Waals surface area contributed by atoms with Gasteiger partial charge in [0.2, 0.25) is 0 Å². The summed E-state index contributed by atoms with van der Waals surface area (Å²) in [6.45, 7) is 2.88. The molecule has 368 valence electrons. The van der Waals surface area contributed by atoms with Crippen LogP contribution in [0.15, 0.2) is 169 Å². The molecule has 0 aliphatic carbocycles. The van der Waals surface area contributed by atoms with Gasteiger partial charge >= 0.3 is 37.7 Å². The Kier molecular flexibility index (Phi) is 17.8. The molecule has 0 saturated heterocycles. The SMILES string of the molecule is COc1cccc(N=C([O-])c2cc3ccccc3c(N=Nc3cc(Cl)cc(C)c3S(=O)(=O)O)c2[O-])c1.COc1cccc(NC(=O)c2cc3ccccc3c(N=Nc3cc(Cl)cc(C)c3S(=O)(=O)O)c2O)c1.[Ca+2]. The largest absolute Gasteiger partial charge is 2.00 e. The summed E-state index contributed by atoms with van der Waals surface area (Å²) < 4.78 is 77.4. The predicted molar refractivity (Wildman–Crippen MR) is 275 cm³/mol. The number of aromatic hydroxyl groups is 1. The molecule has 0 atom stereocenters. The van der Waals surface area contributed by atoms with Crippen LogP contribution in [0, 0.1) is 13.8 Å². The second-order valence-electron chi connectivity index (χ2n) is 15.5. The van der Waals surface area contributed by atoms with Crippen molar-refractivity contribution < 1.29 is 55.5 Å². The number of benzene rings is 8. The van der Waals surface area contributed by atoms with Crippen LogP contribution < -0.4 is 25.0 Å². The van der Waals surface area contributed by atoms with Gasteiger partial charge in [0.25, 0.3) is 26.1 Å². The van der Waals surface area contributed by atoms with Crippen molar-refractivity contribution in [1.82, 2.24) is 0 Å². The number of phenolic OH excluding ortho intramolecular Hbond substituents is 1. The smallest absolute Gasteiger partial charge is 0.871 e. The molecular formula is C50H38CaCl2N6O12S2. The van der Waals surface area contributed by atoms with Crippen LogP contribution in [-0.2, 0) is 20.2 Å². The summed E-state index contributed by atoms with van der Waals surface area (Å²) >= 11 is 12.1. The second kappa shape index (κ2) is 23.4. The molecule has 0 spiro atoms. The molecule has 0 aromatic heterocycles. The molecule has 8 aromatic carbocycles. The first-order valence-electron chi connectivity index (χ1n) is 20.9. The number of nitrogens with one attached hydrogen (secondary N) is 1. The first kappa shape index (κ1) is 55.6. The number of carbonyl (C=O) groups excluding carboxylic acids is 1. The molecule has 73 heavy (non-hydrogen) atoms. The molecule has 0 fully saturated rings. The molecule has 0 bridgehead atoms. The van der Waals surface area contributed by atoms with E-state index in [0.29, 0.717) is 44.4 Å². The Morgan fingerprint density at radius 2 is 1.10 bits per heavy atom. The number of halogens is 2. The Balaban J connectivity index is 0.000000235. The molecule has 8 aromatic rings. The van der Waals surface area contributed by atoms with Gasteiger partial charge in [-0.2, -0.15) is 21.9 Å². The number of amides is 1. The van der Waals surface area contributed by atoms with E-state index in [1.807, 2.05) is 0 Å². The third-order valence-corrected chi connectivity index (χ3v) is 13.1. The summed E-state index contributed by atoms with van der Waals surface area (Å²) in [5.74, 6) is -1.60. The number of rotatable bonds is 12. The van der Waals surface area contributed by atoms with Crippen LogP contribution in [0.25, 0.3) is 21.5 Å². The zero-order chi connectivity index (χ0) is 52.1. The molecule has 8 rings (SSSR count). The van der Waals surface area contributed by atoms with E-state index < -0.39 is 53.3 Å². The van der Waals surface area contributed by atoms with Crippen LogP contribution in [0.5, 0.6) is 23.0 Å². The van der Waals surface area contributed by atoms with Gasteiger partial charge in [-0.3, -0.25) is 18.9 Å². The number of nitrogens with zero attached hydrogens (tertiary/aromatic N) is 5. The monoisotopic (exact) mass is 1090 g/mol. The standard InChI is InChI=1S/2C25H20ClN3O6S.Ca/c2*1-14-10-16(26)12-21(24(14)36(32,33)34)28-29-22-19-9-4-3-6-15(19)11-20(23(22)30)25(31)27-17-7-5-8-18(13-17)35-2;/h2*3-13,30H,1-2H3,(H,27,31)(H,32,33,34);/q;;+2/p-2. The van der Waals surface area contributed by atoms with Crippen molar-refractivity contribution in [3.8, 4) is 23.0 Å². The van der Waals surface area contributed by atoms with E-state index in [9.17, 15) is 46.1 Å². The van der Waals surface area contributed by atoms with Crippen molar-refractivity contribution in [1.29, 1.82) is 0 Å². The van der Waals surface area contributed by atoms with Gasteiger partial charge in [0.1, 0.15) is 38.4 Å². The third kappa shape index (κ3) is 13.1. The number of hydrogen-bond acceptors (Lipinski definition) is 15. The predicted octanol–water partition coefficient (Wildman–Crippen LogP) is 11.0. The number of aliphatic imine (C=N–C) groups is 1. The Hall–Kier alpha value is -6.72. The molecule has 0 radical (unpaired) electrons. The van der Waals surface area contributed by atoms with Crippen molar-refractivity contribution >= 4 is 149 Å². The fraction of sp³-hybridized carbons (Fsp3) is 0.0800. The van der Waals surface area contributed by atoms with Crippen molar-refractivity contribution in [3.63, 3.8) is 0 Å². The van der Waals surface area contributed by atoms with Crippen LogP contribution in [0.4, 0.5) is 34.1 Å². The minimum atomic E-state index is -4.67. The summed E-state index contributed by atoms with van der Waals surface area (Å²) in [5.41, 5.74) is -0.0262. The molecule has 18 nitrogen and oxygen atoms in total. The number of azo groups is 2. The Labute approximate surface area is 457 Å². The number of hydrogen-bond donors (Lipinski definition) is 4. The van der Waals surface area contributed by atoms with E-state index in [1.165, 1.54) is 64.5 Å². The van der Waals surface area contributed by atoms with E-state index in [4.69, 9.17) is 32.7 Å². The van der Waals surface area contributed by atoms with Gasteiger partial charge in [-0.15, -0.1) is 15.3 Å². The average molecular weight is 1090 g/mol. The topological polar surface area (TPSA) is 284 Å². The number of aryl methyl sites for hydroxylation is 2. The Morgan fingerprint density at radius 3 is 1.63 bits per heavy atom. The molecule has 0 aliphatic rings. The second-order valence-corrected chi connectivity index (χ2v) is 19.1. The molecule has 1 amide bonds. The van der Waals surface area contributed by atoms with Gasteiger partial charge in [-0.25, -0.2) is 0 Å². The fourth-order valence-electron chi connectivity index (χ4n) is 7.37. The van der Waals surface area contributed by atoms with Gasteiger partial charge in [0.15, 0.2) is 5.75 Å². The van der Waals surface area contributed by atoms with Crippen LogP contribution >= 0.6 is 23.2 Å². The maximum atomic E-state index is 13.3. The van der Waals surface area contributed by atoms with Crippen molar-refractivity contribution in [2.24, 2.45) is 25.4 Å². The van der Waals surface area contributed by atoms with Gasteiger partial charge < -0.3 is 30.1 Å². The minimum absolute atomic E-state index is 0. The maximum absolute atomic E-state index is 13.3. The number of ether oxygens (including phenoxy) is 2. The zero-order valence-corrected chi connectivity index (χ0v) is 44.1. The molecule has 0 saturated carbocycles. The average Bonchev–Trinajstić information content (AvgIpc) is 3.32.